The van der Waals surface area contributed by atoms with Crippen molar-refractivity contribution in [3.8, 4) is 0 Å². The summed E-state index contributed by atoms with van der Waals surface area (Å²) in [7, 11) is 0. The highest BCUT2D eigenvalue weighted by atomic mass is 19.1. The third-order valence-electron chi connectivity index (χ3n) is 3.75. The van der Waals surface area contributed by atoms with E-state index >= 15 is 0 Å². The molecule has 0 aliphatic carbocycles. The first kappa shape index (κ1) is 12.2. The number of rotatable bonds is 2. The monoisotopic (exact) mass is 256 g/mol. The standard InChI is InChI=1S/C16H17FN2/c1-11-3-2-4-13(10-18)16(11)19-8-7-12-5-6-14(17)9-15(12)19/h2-6,9H,7-8,10,18H2,1H3. The molecule has 0 spiro atoms. The smallest absolute Gasteiger partial charge is 0.125 e. The molecule has 0 aromatic heterocycles. The van der Waals surface area contributed by atoms with Crippen LogP contribution < -0.4 is 10.6 Å². The molecule has 1 aliphatic rings. The topological polar surface area (TPSA) is 29.3 Å². The lowest BCUT2D eigenvalue weighted by Crippen LogP contribution is -2.17. The van der Waals surface area contributed by atoms with Crippen LogP contribution in [-0.2, 0) is 13.0 Å². The van der Waals surface area contributed by atoms with Crippen molar-refractivity contribution in [2.45, 2.75) is 19.9 Å². The van der Waals surface area contributed by atoms with Gasteiger partial charge in [0.05, 0.1) is 0 Å². The first-order valence-corrected chi connectivity index (χ1v) is 6.55. The summed E-state index contributed by atoms with van der Waals surface area (Å²) >= 11 is 0. The predicted molar refractivity (Wildman–Crippen MR) is 76.2 cm³/mol. The molecule has 0 amide bonds. The Kier molecular flexibility index (Phi) is 2.99. The van der Waals surface area contributed by atoms with Crippen molar-refractivity contribution in [2.24, 2.45) is 5.73 Å². The van der Waals surface area contributed by atoms with E-state index in [9.17, 15) is 4.39 Å². The molecule has 2 nitrogen and oxygen atoms in total. The largest absolute Gasteiger partial charge is 0.340 e. The summed E-state index contributed by atoms with van der Waals surface area (Å²) in [6, 6.07) is 11.2. The molecule has 0 atom stereocenters. The summed E-state index contributed by atoms with van der Waals surface area (Å²) < 4.78 is 13.5. The molecule has 2 aromatic carbocycles. The average molecular weight is 256 g/mol. The number of benzene rings is 2. The van der Waals surface area contributed by atoms with Crippen LogP contribution in [0.5, 0.6) is 0 Å². The van der Waals surface area contributed by atoms with Gasteiger partial charge in [0.2, 0.25) is 0 Å². The molecule has 2 N–H and O–H groups in total. The summed E-state index contributed by atoms with van der Waals surface area (Å²) in [4.78, 5) is 2.19. The Balaban J connectivity index is 2.14. The van der Waals surface area contributed by atoms with Gasteiger partial charge in [-0.25, -0.2) is 4.39 Å². The zero-order valence-corrected chi connectivity index (χ0v) is 11.0. The lowest BCUT2D eigenvalue weighted by molar-refractivity contribution is 0.628. The molecule has 0 unspecified atom stereocenters. The molecule has 2 aromatic rings. The van der Waals surface area contributed by atoms with E-state index in [1.807, 2.05) is 18.2 Å². The molecule has 3 rings (SSSR count). The van der Waals surface area contributed by atoms with Crippen LogP contribution in [0.25, 0.3) is 0 Å². The number of hydrogen-bond acceptors (Lipinski definition) is 2. The fraction of sp³-hybridized carbons (Fsp3) is 0.250. The molecule has 3 heteroatoms. The van der Waals surface area contributed by atoms with Gasteiger partial charge in [-0.2, -0.15) is 0 Å². The Morgan fingerprint density at radius 2 is 2.11 bits per heavy atom. The lowest BCUT2D eigenvalue weighted by atomic mass is 10.1. The molecule has 0 fully saturated rings. The van der Waals surface area contributed by atoms with Crippen molar-refractivity contribution in [1.29, 1.82) is 0 Å². The molecular formula is C16H17FN2. The predicted octanol–water partition coefficient (Wildman–Crippen LogP) is 3.29. The zero-order chi connectivity index (χ0) is 13.4. The van der Waals surface area contributed by atoms with Crippen LogP contribution in [-0.4, -0.2) is 6.54 Å². The van der Waals surface area contributed by atoms with Gasteiger partial charge in [0.15, 0.2) is 0 Å². The number of aryl methyl sites for hydroxylation is 1. The first-order valence-electron chi connectivity index (χ1n) is 6.55. The van der Waals surface area contributed by atoms with Gasteiger partial charge in [0.25, 0.3) is 0 Å². The van der Waals surface area contributed by atoms with Gasteiger partial charge in [-0.3, -0.25) is 0 Å². The van der Waals surface area contributed by atoms with E-state index < -0.39 is 0 Å². The van der Waals surface area contributed by atoms with Gasteiger partial charge >= 0.3 is 0 Å². The van der Waals surface area contributed by atoms with Crippen LogP contribution in [0.15, 0.2) is 36.4 Å². The van der Waals surface area contributed by atoms with Crippen LogP contribution in [0.1, 0.15) is 16.7 Å². The van der Waals surface area contributed by atoms with E-state index in [1.165, 1.54) is 17.2 Å². The fourth-order valence-corrected chi connectivity index (χ4v) is 2.86. The molecule has 0 saturated heterocycles. The minimum atomic E-state index is -0.187. The molecular weight excluding hydrogens is 239 g/mol. The third kappa shape index (κ3) is 2.00. The van der Waals surface area contributed by atoms with Crippen molar-refractivity contribution in [1.82, 2.24) is 0 Å². The number of nitrogens with zero attached hydrogens (tertiary/aromatic N) is 1. The summed E-state index contributed by atoms with van der Waals surface area (Å²) in [6.07, 6.45) is 0.952. The van der Waals surface area contributed by atoms with Gasteiger partial charge in [-0.05, 0) is 42.2 Å². The summed E-state index contributed by atoms with van der Waals surface area (Å²) in [5, 5.41) is 0. The number of para-hydroxylation sites is 1. The fourth-order valence-electron chi connectivity index (χ4n) is 2.86. The van der Waals surface area contributed by atoms with E-state index in [0.717, 1.165) is 29.9 Å². The van der Waals surface area contributed by atoms with Crippen molar-refractivity contribution in [2.75, 3.05) is 11.4 Å². The second-order valence-corrected chi connectivity index (χ2v) is 4.96. The summed E-state index contributed by atoms with van der Waals surface area (Å²) in [6.45, 7) is 3.46. The molecule has 0 radical (unpaired) electrons. The number of fused-ring (bicyclic) bond motifs is 1. The zero-order valence-electron chi connectivity index (χ0n) is 11.0. The highest BCUT2D eigenvalue weighted by molar-refractivity contribution is 5.74. The van der Waals surface area contributed by atoms with Gasteiger partial charge in [0.1, 0.15) is 5.82 Å². The molecule has 1 aliphatic heterocycles. The third-order valence-corrected chi connectivity index (χ3v) is 3.75. The second kappa shape index (κ2) is 4.67. The van der Waals surface area contributed by atoms with Crippen LogP contribution >= 0.6 is 0 Å². The van der Waals surface area contributed by atoms with Gasteiger partial charge in [0, 0.05) is 24.5 Å². The maximum atomic E-state index is 13.5. The van der Waals surface area contributed by atoms with Gasteiger partial charge in [-0.15, -0.1) is 0 Å². The molecule has 0 saturated carbocycles. The Morgan fingerprint density at radius 3 is 2.89 bits per heavy atom. The minimum Gasteiger partial charge on any atom is -0.340 e. The number of halogens is 1. The van der Waals surface area contributed by atoms with Gasteiger partial charge in [-0.1, -0.05) is 24.3 Å². The highest BCUT2D eigenvalue weighted by Gasteiger charge is 2.23. The Morgan fingerprint density at radius 1 is 1.26 bits per heavy atom. The van der Waals surface area contributed by atoms with Crippen LogP contribution in [0, 0.1) is 12.7 Å². The quantitative estimate of drug-likeness (QED) is 0.893. The molecule has 19 heavy (non-hydrogen) atoms. The normalized spacial score (nSPS) is 13.7. The van der Waals surface area contributed by atoms with E-state index in [1.54, 1.807) is 6.07 Å². The Labute approximate surface area is 112 Å². The highest BCUT2D eigenvalue weighted by Crippen LogP contribution is 2.38. The maximum Gasteiger partial charge on any atom is 0.125 e. The minimum absolute atomic E-state index is 0.187. The second-order valence-electron chi connectivity index (χ2n) is 4.96. The number of anilines is 2. The lowest BCUT2D eigenvalue weighted by Gasteiger charge is -2.24. The molecule has 1 heterocycles. The van der Waals surface area contributed by atoms with Crippen LogP contribution in [0.2, 0.25) is 0 Å². The summed E-state index contributed by atoms with van der Waals surface area (Å²) in [5.74, 6) is -0.187. The van der Waals surface area contributed by atoms with Crippen LogP contribution in [0.4, 0.5) is 15.8 Å². The van der Waals surface area contributed by atoms with Gasteiger partial charge < -0.3 is 10.6 Å². The Hall–Kier alpha value is -1.87. The average Bonchev–Trinajstić information content (AvgIpc) is 2.81. The van der Waals surface area contributed by atoms with Crippen molar-refractivity contribution < 1.29 is 4.39 Å². The SMILES string of the molecule is Cc1cccc(CN)c1N1CCc2ccc(F)cc21. The van der Waals surface area contributed by atoms with E-state index in [0.29, 0.717) is 6.54 Å². The number of nitrogens with two attached hydrogens (primary N) is 1. The number of hydrogen-bond donors (Lipinski definition) is 1. The summed E-state index contributed by atoms with van der Waals surface area (Å²) in [5.41, 5.74) is 11.4. The van der Waals surface area contributed by atoms with E-state index in [-0.39, 0.29) is 5.82 Å². The molecule has 98 valence electrons. The first-order chi connectivity index (χ1) is 9.20. The van der Waals surface area contributed by atoms with Crippen LogP contribution in [0.3, 0.4) is 0 Å². The van der Waals surface area contributed by atoms with Crippen molar-refractivity contribution in [3.05, 3.63) is 58.9 Å². The van der Waals surface area contributed by atoms with Crippen molar-refractivity contribution >= 4 is 11.4 Å². The Bertz CT molecular complexity index is 622. The van der Waals surface area contributed by atoms with E-state index in [2.05, 4.69) is 17.9 Å². The van der Waals surface area contributed by atoms with E-state index in [4.69, 9.17) is 5.73 Å². The molecule has 0 bridgehead atoms. The van der Waals surface area contributed by atoms with Crippen molar-refractivity contribution in [3.63, 3.8) is 0 Å². The maximum absolute atomic E-state index is 13.5.